The quantitative estimate of drug-likeness (QED) is 0.299. The summed E-state index contributed by atoms with van der Waals surface area (Å²) in [5.41, 5.74) is 4.57. The van der Waals surface area contributed by atoms with Crippen LogP contribution in [0.1, 0.15) is 22.3 Å². The molecule has 1 amide bonds. The molecule has 0 saturated heterocycles. The Morgan fingerprint density at radius 3 is 2.83 bits per heavy atom. The van der Waals surface area contributed by atoms with Crippen LogP contribution in [0.25, 0.3) is 0 Å². The van der Waals surface area contributed by atoms with Gasteiger partial charge in [-0.3, -0.25) is 10.2 Å². The van der Waals surface area contributed by atoms with Gasteiger partial charge in [0.05, 0.1) is 12.2 Å². The summed E-state index contributed by atoms with van der Waals surface area (Å²) in [4.78, 5) is 11.8. The third kappa shape index (κ3) is 5.26. The smallest absolute Gasteiger partial charge is 0.267 e. The molecule has 0 unspecified atom stereocenters. The fourth-order valence-corrected chi connectivity index (χ4v) is 2.49. The second kappa shape index (κ2) is 8.55. The molecule has 5 nitrogen and oxygen atoms in total. The zero-order valence-corrected chi connectivity index (χ0v) is 14.5. The number of hydrazine groups is 1. The van der Waals surface area contributed by atoms with Crippen molar-refractivity contribution in [3.63, 3.8) is 0 Å². The molecular formula is C17H20BrN3O2. The molecule has 0 aliphatic carbocycles. The third-order valence-corrected chi connectivity index (χ3v) is 3.75. The van der Waals surface area contributed by atoms with Gasteiger partial charge in [0.15, 0.2) is 0 Å². The van der Waals surface area contributed by atoms with Gasteiger partial charge in [-0.15, -0.1) is 0 Å². The van der Waals surface area contributed by atoms with E-state index in [1.165, 1.54) is 5.56 Å². The number of nitrogens with one attached hydrogen (secondary N) is 2. The van der Waals surface area contributed by atoms with Crippen molar-refractivity contribution < 1.29 is 9.53 Å². The molecule has 0 saturated carbocycles. The van der Waals surface area contributed by atoms with Crippen LogP contribution in [0.5, 0.6) is 5.75 Å². The summed E-state index contributed by atoms with van der Waals surface area (Å²) in [7, 11) is 0. The maximum absolute atomic E-state index is 11.8. The molecule has 0 fully saturated rings. The first kappa shape index (κ1) is 17.3. The van der Waals surface area contributed by atoms with E-state index in [2.05, 4.69) is 26.7 Å². The number of nitrogen functional groups attached to an aromatic ring is 1. The Morgan fingerprint density at radius 2 is 2.09 bits per heavy atom. The molecule has 6 heteroatoms. The van der Waals surface area contributed by atoms with Gasteiger partial charge in [0.2, 0.25) is 0 Å². The highest BCUT2D eigenvalue weighted by molar-refractivity contribution is 9.10. The average molecular weight is 378 g/mol. The molecule has 4 N–H and O–H groups in total. The highest BCUT2D eigenvalue weighted by Crippen LogP contribution is 2.21. The van der Waals surface area contributed by atoms with Crippen molar-refractivity contribution in [2.24, 2.45) is 5.84 Å². The van der Waals surface area contributed by atoms with Crippen LogP contribution in [0.4, 0.5) is 5.69 Å². The van der Waals surface area contributed by atoms with E-state index in [1.807, 2.05) is 43.3 Å². The Hall–Kier alpha value is -2.05. The number of hydrogen-bond donors (Lipinski definition) is 3. The minimum Gasteiger partial charge on any atom is -0.494 e. The largest absolute Gasteiger partial charge is 0.494 e. The summed E-state index contributed by atoms with van der Waals surface area (Å²) in [6.07, 6.45) is 0.813. The fraction of sp³-hybridized carbons (Fsp3) is 0.235. The van der Waals surface area contributed by atoms with Gasteiger partial charge in [0, 0.05) is 16.7 Å². The first-order chi connectivity index (χ1) is 11.1. The van der Waals surface area contributed by atoms with E-state index in [1.54, 1.807) is 6.07 Å². The number of benzene rings is 2. The molecule has 0 heterocycles. The van der Waals surface area contributed by atoms with Gasteiger partial charge < -0.3 is 10.1 Å². The lowest BCUT2D eigenvalue weighted by Crippen LogP contribution is -2.30. The van der Waals surface area contributed by atoms with Crippen LogP contribution in [0.3, 0.4) is 0 Å². The molecule has 0 atom stereocenters. The van der Waals surface area contributed by atoms with Crippen LogP contribution in [-0.2, 0) is 0 Å². The van der Waals surface area contributed by atoms with Crippen molar-refractivity contribution >= 4 is 27.5 Å². The summed E-state index contributed by atoms with van der Waals surface area (Å²) in [5.74, 6) is 5.76. The standard InChI is InChI=1S/C17H20BrN3O2/c1-12-4-2-5-14(10-12)23-9-3-8-20-16-7-6-13(18)11-15(16)17(22)21-19/h2,4-7,10-11,20H,3,8-9,19H2,1H3,(H,21,22). The van der Waals surface area contributed by atoms with E-state index in [4.69, 9.17) is 10.6 Å². The topological polar surface area (TPSA) is 76.4 Å². The predicted molar refractivity (Wildman–Crippen MR) is 95.6 cm³/mol. The van der Waals surface area contributed by atoms with Crippen LogP contribution in [0.2, 0.25) is 0 Å². The molecule has 0 aromatic heterocycles. The van der Waals surface area contributed by atoms with Gasteiger partial charge in [-0.2, -0.15) is 0 Å². The number of anilines is 1. The van der Waals surface area contributed by atoms with E-state index in [9.17, 15) is 4.79 Å². The molecule has 2 aromatic rings. The number of hydrogen-bond acceptors (Lipinski definition) is 4. The van der Waals surface area contributed by atoms with Gasteiger partial charge in [0.1, 0.15) is 5.75 Å². The van der Waals surface area contributed by atoms with Crippen molar-refractivity contribution in [2.45, 2.75) is 13.3 Å². The number of nitrogens with two attached hydrogens (primary N) is 1. The second-order valence-corrected chi connectivity index (χ2v) is 6.02. The molecule has 2 rings (SSSR count). The Kier molecular flexibility index (Phi) is 6.43. The fourth-order valence-electron chi connectivity index (χ4n) is 2.13. The molecule has 0 aliphatic heterocycles. The average Bonchev–Trinajstić information content (AvgIpc) is 2.55. The molecular weight excluding hydrogens is 358 g/mol. The lowest BCUT2D eigenvalue weighted by atomic mass is 10.1. The molecule has 0 aliphatic rings. The Labute approximate surface area is 144 Å². The van der Waals surface area contributed by atoms with E-state index in [-0.39, 0.29) is 5.91 Å². The van der Waals surface area contributed by atoms with E-state index in [0.717, 1.165) is 22.3 Å². The molecule has 23 heavy (non-hydrogen) atoms. The van der Waals surface area contributed by atoms with Gasteiger partial charge in [-0.25, -0.2) is 5.84 Å². The van der Waals surface area contributed by atoms with Gasteiger partial charge in [-0.05, 0) is 49.2 Å². The Balaban J connectivity index is 1.83. The SMILES string of the molecule is Cc1cccc(OCCCNc2ccc(Br)cc2C(=O)NN)c1. The highest BCUT2D eigenvalue weighted by Gasteiger charge is 2.10. The third-order valence-electron chi connectivity index (χ3n) is 3.25. The zero-order valence-electron chi connectivity index (χ0n) is 12.9. The number of ether oxygens (including phenoxy) is 1. The molecule has 0 radical (unpaired) electrons. The molecule has 122 valence electrons. The summed E-state index contributed by atoms with van der Waals surface area (Å²) in [6, 6.07) is 13.4. The number of rotatable bonds is 7. The lowest BCUT2D eigenvalue weighted by Gasteiger charge is -2.12. The Morgan fingerprint density at radius 1 is 1.26 bits per heavy atom. The van der Waals surface area contributed by atoms with Crippen molar-refractivity contribution in [1.82, 2.24) is 5.43 Å². The number of carbonyl (C=O) groups is 1. The minimum atomic E-state index is -0.329. The number of carbonyl (C=O) groups excluding carboxylic acids is 1. The lowest BCUT2D eigenvalue weighted by molar-refractivity contribution is 0.0954. The van der Waals surface area contributed by atoms with Crippen LogP contribution < -0.4 is 21.3 Å². The van der Waals surface area contributed by atoms with E-state index >= 15 is 0 Å². The van der Waals surface area contributed by atoms with Crippen molar-refractivity contribution in [1.29, 1.82) is 0 Å². The first-order valence-electron chi connectivity index (χ1n) is 7.34. The van der Waals surface area contributed by atoms with Gasteiger partial charge in [-0.1, -0.05) is 28.1 Å². The van der Waals surface area contributed by atoms with Gasteiger partial charge in [0.25, 0.3) is 5.91 Å². The van der Waals surface area contributed by atoms with Crippen molar-refractivity contribution in [3.05, 3.63) is 58.1 Å². The summed E-state index contributed by atoms with van der Waals surface area (Å²) >= 11 is 3.35. The minimum absolute atomic E-state index is 0.329. The zero-order chi connectivity index (χ0) is 16.7. The number of amides is 1. The van der Waals surface area contributed by atoms with E-state index in [0.29, 0.717) is 18.7 Å². The normalized spacial score (nSPS) is 10.2. The molecule has 0 spiro atoms. The van der Waals surface area contributed by atoms with E-state index < -0.39 is 0 Å². The summed E-state index contributed by atoms with van der Waals surface area (Å²) in [6.45, 7) is 3.33. The number of halogens is 1. The van der Waals surface area contributed by atoms with Crippen molar-refractivity contribution in [3.8, 4) is 5.75 Å². The molecule has 0 bridgehead atoms. The van der Waals surface area contributed by atoms with Crippen LogP contribution in [0, 0.1) is 6.92 Å². The van der Waals surface area contributed by atoms with Crippen LogP contribution >= 0.6 is 15.9 Å². The van der Waals surface area contributed by atoms with Crippen molar-refractivity contribution in [2.75, 3.05) is 18.5 Å². The predicted octanol–water partition coefficient (Wildman–Crippen LogP) is 3.24. The number of aryl methyl sites for hydroxylation is 1. The maximum Gasteiger partial charge on any atom is 0.267 e. The van der Waals surface area contributed by atoms with Crippen LogP contribution in [0.15, 0.2) is 46.9 Å². The van der Waals surface area contributed by atoms with Crippen LogP contribution in [-0.4, -0.2) is 19.1 Å². The Bertz CT molecular complexity index is 677. The monoisotopic (exact) mass is 377 g/mol. The second-order valence-electron chi connectivity index (χ2n) is 5.11. The van der Waals surface area contributed by atoms with Gasteiger partial charge >= 0.3 is 0 Å². The molecule has 2 aromatic carbocycles. The highest BCUT2D eigenvalue weighted by atomic mass is 79.9. The first-order valence-corrected chi connectivity index (χ1v) is 8.13. The summed E-state index contributed by atoms with van der Waals surface area (Å²) < 4.78 is 6.52. The summed E-state index contributed by atoms with van der Waals surface area (Å²) in [5, 5.41) is 3.24. The maximum atomic E-state index is 11.8.